The number of ether oxygens (including phenoxy) is 1. The maximum Gasteiger partial charge on any atom is 0.0728 e. The van der Waals surface area contributed by atoms with Gasteiger partial charge < -0.3 is 4.74 Å². The van der Waals surface area contributed by atoms with Gasteiger partial charge in [0.05, 0.1) is 13.2 Å². The van der Waals surface area contributed by atoms with Crippen LogP contribution in [-0.4, -0.2) is 12.4 Å². The third-order valence-electron chi connectivity index (χ3n) is 3.87. The standard InChI is InChI=1S/C15H21BrOS/c16-14-7-3-2-6-13(14)10-17-11-15(12-18)8-4-1-5-9-15/h2-3,6-7,18H,1,4-5,8-12H2. The van der Waals surface area contributed by atoms with Crippen LogP contribution in [0.2, 0.25) is 0 Å². The van der Waals surface area contributed by atoms with E-state index in [2.05, 4.69) is 46.8 Å². The number of benzene rings is 1. The second-order valence-corrected chi connectivity index (χ2v) is 6.47. The molecule has 0 heterocycles. The lowest BCUT2D eigenvalue weighted by Gasteiger charge is -2.35. The molecule has 0 aliphatic heterocycles. The van der Waals surface area contributed by atoms with E-state index < -0.39 is 0 Å². The van der Waals surface area contributed by atoms with Gasteiger partial charge in [-0.15, -0.1) is 0 Å². The topological polar surface area (TPSA) is 9.23 Å². The van der Waals surface area contributed by atoms with Gasteiger partial charge in [0.1, 0.15) is 0 Å². The lowest BCUT2D eigenvalue weighted by atomic mass is 9.76. The average molecular weight is 329 g/mol. The Bertz CT molecular complexity index is 375. The van der Waals surface area contributed by atoms with Gasteiger partial charge in [-0.2, -0.15) is 12.6 Å². The Kier molecular flexibility index (Phi) is 5.58. The van der Waals surface area contributed by atoms with E-state index in [4.69, 9.17) is 4.74 Å². The molecule has 1 aromatic rings. The third-order valence-corrected chi connectivity index (χ3v) is 5.32. The van der Waals surface area contributed by atoms with Crippen LogP contribution in [0.5, 0.6) is 0 Å². The number of halogens is 1. The van der Waals surface area contributed by atoms with Crippen molar-refractivity contribution in [1.29, 1.82) is 0 Å². The molecule has 2 rings (SSSR count). The van der Waals surface area contributed by atoms with Crippen molar-refractivity contribution < 1.29 is 4.74 Å². The van der Waals surface area contributed by atoms with Gasteiger partial charge in [-0.1, -0.05) is 53.4 Å². The van der Waals surface area contributed by atoms with Crippen molar-refractivity contribution in [2.24, 2.45) is 5.41 Å². The second kappa shape index (κ2) is 6.97. The van der Waals surface area contributed by atoms with Crippen LogP contribution in [-0.2, 0) is 11.3 Å². The zero-order valence-electron chi connectivity index (χ0n) is 10.7. The van der Waals surface area contributed by atoms with Gasteiger partial charge in [0, 0.05) is 9.89 Å². The molecule has 0 atom stereocenters. The second-order valence-electron chi connectivity index (χ2n) is 5.30. The summed E-state index contributed by atoms with van der Waals surface area (Å²) in [7, 11) is 0. The molecule has 1 aromatic carbocycles. The van der Waals surface area contributed by atoms with Crippen molar-refractivity contribution in [3.63, 3.8) is 0 Å². The monoisotopic (exact) mass is 328 g/mol. The molecule has 1 aliphatic rings. The van der Waals surface area contributed by atoms with E-state index >= 15 is 0 Å². The number of rotatable bonds is 5. The average Bonchev–Trinajstić information content (AvgIpc) is 2.42. The highest BCUT2D eigenvalue weighted by molar-refractivity contribution is 9.10. The summed E-state index contributed by atoms with van der Waals surface area (Å²) in [4.78, 5) is 0. The molecule has 1 saturated carbocycles. The summed E-state index contributed by atoms with van der Waals surface area (Å²) in [5, 5.41) is 0. The SMILES string of the molecule is SCC1(COCc2ccccc2Br)CCCCC1. The molecule has 18 heavy (non-hydrogen) atoms. The van der Waals surface area contributed by atoms with E-state index in [1.807, 2.05) is 6.07 Å². The summed E-state index contributed by atoms with van der Waals surface area (Å²) in [6.45, 7) is 1.54. The Balaban J connectivity index is 1.85. The first kappa shape index (κ1) is 14.4. The van der Waals surface area contributed by atoms with Gasteiger partial charge in [-0.3, -0.25) is 0 Å². The summed E-state index contributed by atoms with van der Waals surface area (Å²) >= 11 is 8.10. The van der Waals surface area contributed by atoms with E-state index in [1.54, 1.807) is 0 Å². The predicted octanol–water partition coefficient (Wildman–Crippen LogP) is 4.85. The van der Waals surface area contributed by atoms with Crippen molar-refractivity contribution in [3.05, 3.63) is 34.3 Å². The van der Waals surface area contributed by atoms with Crippen molar-refractivity contribution in [2.45, 2.75) is 38.7 Å². The van der Waals surface area contributed by atoms with Crippen LogP contribution in [0, 0.1) is 5.41 Å². The summed E-state index contributed by atoms with van der Waals surface area (Å²) in [6.07, 6.45) is 6.58. The van der Waals surface area contributed by atoms with Crippen LogP contribution in [0.4, 0.5) is 0 Å². The summed E-state index contributed by atoms with van der Waals surface area (Å²) in [5.74, 6) is 0.947. The van der Waals surface area contributed by atoms with Crippen LogP contribution >= 0.6 is 28.6 Å². The lowest BCUT2D eigenvalue weighted by molar-refractivity contribution is 0.0249. The zero-order valence-corrected chi connectivity index (χ0v) is 13.2. The first-order valence-corrected chi connectivity index (χ1v) is 8.10. The summed E-state index contributed by atoms with van der Waals surface area (Å²) < 4.78 is 7.09. The highest BCUT2D eigenvalue weighted by Crippen LogP contribution is 2.37. The smallest absolute Gasteiger partial charge is 0.0728 e. The van der Waals surface area contributed by atoms with Gasteiger partial charge in [-0.25, -0.2) is 0 Å². The molecular weight excluding hydrogens is 308 g/mol. The predicted molar refractivity (Wildman–Crippen MR) is 83.2 cm³/mol. The number of thiol groups is 1. The summed E-state index contributed by atoms with van der Waals surface area (Å²) in [6, 6.07) is 8.26. The van der Waals surface area contributed by atoms with Crippen LogP contribution in [0.3, 0.4) is 0 Å². The highest BCUT2D eigenvalue weighted by atomic mass is 79.9. The largest absolute Gasteiger partial charge is 0.376 e. The first-order valence-electron chi connectivity index (χ1n) is 6.68. The fourth-order valence-corrected chi connectivity index (χ4v) is 3.45. The Morgan fingerprint density at radius 3 is 2.56 bits per heavy atom. The molecule has 0 radical (unpaired) electrons. The van der Waals surface area contributed by atoms with E-state index in [0.717, 1.165) is 16.8 Å². The van der Waals surface area contributed by atoms with E-state index in [9.17, 15) is 0 Å². The van der Waals surface area contributed by atoms with Crippen LogP contribution in [0.25, 0.3) is 0 Å². The van der Waals surface area contributed by atoms with Crippen molar-refractivity contribution in [2.75, 3.05) is 12.4 Å². The normalized spacial score (nSPS) is 18.8. The van der Waals surface area contributed by atoms with Crippen LogP contribution in [0.15, 0.2) is 28.7 Å². The molecule has 3 heteroatoms. The van der Waals surface area contributed by atoms with Gasteiger partial charge >= 0.3 is 0 Å². The lowest BCUT2D eigenvalue weighted by Crippen LogP contribution is -2.31. The minimum absolute atomic E-state index is 0.322. The Morgan fingerprint density at radius 2 is 1.89 bits per heavy atom. The Labute approximate surface area is 124 Å². The minimum Gasteiger partial charge on any atom is -0.376 e. The third kappa shape index (κ3) is 3.75. The fraction of sp³-hybridized carbons (Fsp3) is 0.600. The van der Waals surface area contributed by atoms with E-state index in [-0.39, 0.29) is 0 Å². The molecule has 1 nitrogen and oxygen atoms in total. The first-order chi connectivity index (χ1) is 8.76. The Hall–Kier alpha value is 0.01000. The van der Waals surface area contributed by atoms with Crippen LogP contribution < -0.4 is 0 Å². The molecule has 0 N–H and O–H groups in total. The van der Waals surface area contributed by atoms with Gasteiger partial charge in [0.15, 0.2) is 0 Å². The fourth-order valence-electron chi connectivity index (χ4n) is 2.64. The minimum atomic E-state index is 0.322. The van der Waals surface area contributed by atoms with E-state index in [0.29, 0.717) is 12.0 Å². The maximum atomic E-state index is 5.96. The molecule has 0 bridgehead atoms. The van der Waals surface area contributed by atoms with Crippen molar-refractivity contribution >= 4 is 28.6 Å². The zero-order chi connectivity index (χ0) is 12.8. The molecule has 0 aromatic heterocycles. The molecule has 0 saturated heterocycles. The molecule has 100 valence electrons. The number of hydrogen-bond acceptors (Lipinski definition) is 2. The molecular formula is C15H21BrOS. The quantitative estimate of drug-likeness (QED) is 0.760. The Morgan fingerprint density at radius 1 is 1.17 bits per heavy atom. The van der Waals surface area contributed by atoms with Crippen molar-refractivity contribution in [3.8, 4) is 0 Å². The molecule has 0 unspecified atom stereocenters. The van der Waals surface area contributed by atoms with Crippen LogP contribution in [0.1, 0.15) is 37.7 Å². The van der Waals surface area contributed by atoms with Crippen molar-refractivity contribution in [1.82, 2.24) is 0 Å². The molecule has 1 aliphatic carbocycles. The molecule has 0 spiro atoms. The number of hydrogen-bond donors (Lipinski definition) is 1. The maximum absolute atomic E-state index is 5.96. The van der Waals surface area contributed by atoms with Gasteiger partial charge in [-0.05, 0) is 30.2 Å². The van der Waals surface area contributed by atoms with E-state index in [1.165, 1.54) is 37.7 Å². The molecule has 0 amide bonds. The highest BCUT2D eigenvalue weighted by Gasteiger charge is 2.30. The summed E-state index contributed by atoms with van der Waals surface area (Å²) in [5.41, 5.74) is 1.55. The van der Waals surface area contributed by atoms with Gasteiger partial charge in [0.25, 0.3) is 0 Å². The van der Waals surface area contributed by atoms with Gasteiger partial charge in [0.2, 0.25) is 0 Å². The molecule has 1 fully saturated rings.